The molecule has 4 atom stereocenters. The largest absolute Gasteiger partial charge is 0.459 e. The monoisotopic (exact) mass is 450 g/mol. The molecule has 0 saturated carbocycles. The van der Waals surface area contributed by atoms with Crippen molar-refractivity contribution in [1.82, 2.24) is 40.3 Å². The maximum absolute atomic E-state index is 12.3. The summed E-state index contributed by atoms with van der Waals surface area (Å²) in [5.41, 5.74) is 0.841. The van der Waals surface area contributed by atoms with Crippen LogP contribution in [-0.4, -0.2) is 72.3 Å². The molecule has 13 nitrogen and oxygen atoms in total. The van der Waals surface area contributed by atoms with Gasteiger partial charge >= 0.3 is 6.01 Å². The number of rotatable bonds is 6. The highest BCUT2D eigenvalue weighted by Crippen LogP contribution is 2.36. The number of hydrogen-bond donors (Lipinski definition) is 1. The van der Waals surface area contributed by atoms with Crippen LogP contribution in [0.25, 0.3) is 5.69 Å². The lowest BCUT2D eigenvalue weighted by Crippen LogP contribution is -2.44. The van der Waals surface area contributed by atoms with Gasteiger partial charge in [-0.2, -0.15) is 9.78 Å². The highest BCUT2D eigenvalue weighted by atomic mass is 16.6. The molecule has 13 heteroatoms. The van der Waals surface area contributed by atoms with Gasteiger partial charge in [0.25, 0.3) is 5.91 Å². The van der Waals surface area contributed by atoms with Gasteiger partial charge in [-0.3, -0.25) is 4.79 Å². The lowest BCUT2D eigenvalue weighted by atomic mass is 10.1. The van der Waals surface area contributed by atoms with Crippen LogP contribution in [0, 0.1) is 0 Å². The number of hydrogen-bond acceptors (Lipinski definition) is 10. The van der Waals surface area contributed by atoms with Gasteiger partial charge in [0.2, 0.25) is 0 Å². The van der Waals surface area contributed by atoms with Crippen molar-refractivity contribution in [3.05, 3.63) is 61.1 Å². The van der Waals surface area contributed by atoms with E-state index in [1.807, 2.05) is 12.1 Å². The maximum atomic E-state index is 12.3. The van der Waals surface area contributed by atoms with Gasteiger partial charge < -0.3 is 23.9 Å². The number of furan rings is 1. The summed E-state index contributed by atoms with van der Waals surface area (Å²) >= 11 is 0. The molecule has 168 valence electrons. The van der Waals surface area contributed by atoms with Gasteiger partial charge in [-0.05, 0) is 46.8 Å². The Morgan fingerprint density at radius 3 is 2.79 bits per heavy atom. The van der Waals surface area contributed by atoms with Gasteiger partial charge in [0, 0.05) is 0 Å². The van der Waals surface area contributed by atoms with Crippen LogP contribution in [0.15, 0.2) is 59.7 Å². The van der Waals surface area contributed by atoms with Crippen LogP contribution < -0.4 is 10.1 Å². The van der Waals surface area contributed by atoms with Crippen LogP contribution in [0.3, 0.4) is 0 Å². The zero-order valence-corrected chi connectivity index (χ0v) is 17.1. The van der Waals surface area contributed by atoms with E-state index in [0.717, 1.165) is 5.69 Å². The molecule has 2 aliphatic rings. The average Bonchev–Trinajstić information content (AvgIpc) is 3.65. The molecule has 0 bridgehead atoms. The summed E-state index contributed by atoms with van der Waals surface area (Å²) in [5, 5.41) is 18.8. The summed E-state index contributed by atoms with van der Waals surface area (Å²) in [4.78, 5) is 16.3. The molecular formula is C20H18N8O5. The summed E-state index contributed by atoms with van der Waals surface area (Å²) < 4.78 is 26.1. The molecule has 1 amide bonds. The Labute approximate surface area is 186 Å². The predicted molar refractivity (Wildman–Crippen MR) is 108 cm³/mol. The van der Waals surface area contributed by atoms with Crippen molar-refractivity contribution in [3.63, 3.8) is 0 Å². The zero-order chi connectivity index (χ0) is 22.2. The molecule has 0 aliphatic carbocycles. The van der Waals surface area contributed by atoms with Gasteiger partial charge in [0.15, 0.2) is 5.76 Å². The first-order chi connectivity index (χ1) is 16.3. The van der Waals surface area contributed by atoms with Crippen LogP contribution in [0.4, 0.5) is 0 Å². The topological polar surface area (TPSA) is 144 Å². The standard InChI is InChI=1S/C20H18N8O5/c29-19(16-2-1-7-30-16)23-14-8-31-18-15(9-32-17(14)18)28-20(24-25-26-28)33-13-5-3-12(4-6-13)27-11-21-10-22-27/h1-7,10-11,14-15,17-18H,8-9H2,(H,23,29). The summed E-state index contributed by atoms with van der Waals surface area (Å²) in [6, 6.07) is 10.1. The van der Waals surface area contributed by atoms with Gasteiger partial charge in [0.1, 0.15) is 36.7 Å². The second-order valence-corrected chi connectivity index (χ2v) is 7.56. The number of amides is 1. The molecule has 3 aromatic heterocycles. The molecule has 2 fully saturated rings. The van der Waals surface area contributed by atoms with Gasteiger partial charge in [0.05, 0.1) is 31.2 Å². The smallest absolute Gasteiger partial charge is 0.341 e. The maximum Gasteiger partial charge on any atom is 0.341 e. The Morgan fingerprint density at radius 1 is 1.12 bits per heavy atom. The van der Waals surface area contributed by atoms with Crippen LogP contribution in [-0.2, 0) is 9.47 Å². The fourth-order valence-electron chi connectivity index (χ4n) is 4.03. The van der Waals surface area contributed by atoms with Crippen molar-refractivity contribution >= 4 is 5.91 Å². The molecule has 2 aliphatic heterocycles. The second kappa shape index (κ2) is 8.11. The van der Waals surface area contributed by atoms with E-state index in [1.165, 1.54) is 12.6 Å². The Hall–Kier alpha value is -4.10. The van der Waals surface area contributed by atoms with Crippen LogP contribution in [0.2, 0.25) is 0 Å². The summed E-state index contributed by atoms with van der Waals surface area (Å²) in [6.07, 6.45) is 3.85. The fraction of sp³-hybridized carbons (Fsp3) is 0.300. The highest BCUT2D eigenvalue weighted by Gasteiger charge is 2.50. The molecule has 0 radical (unpaired) electrons. The van der Waals surface area contributed by atoms with E-state index in [4.69, 9.17) is 18.6 Å². The van der Waals surface area contributed by atoms with Crippen molar-refractivity contribution in [1.29, 1.82) is 0 Å². The molecule has 5 heterocycles. The van der Waals surface area contributed by atoms with Crippen LogP contribution in [0.1, 0.15) is 16.6 Å². The van der Waals surface area contributed by atoms with Gasteiger partial charge in [-0.25, -0.2) is 9.67 Å². The van der Waals surface area contributed by atoms with Crippen LogP contribution >= 0.6 is 0 Å². The molecule has 6 rings (SSSR count). The second-order valence-electron chi connectivity index (χ2n) is 7.56. The number of benzene rings is 1. The number of carbonyl (C=O) groups is 1. The Morgan fingerprint density at radius 2 is 2.00 bits per heavy atom. The van der Waals surface area contributed by atoms with E-state index in [9.17, 15) is 4.79 Å². The first kappa shape index (κ1) is 19.6. The molecular weight excluding hydrogens is 432 g/mol. The lowest BCUT2D eigenvalue weighted by molar-refractivity contribution is 0.0605. The van der Waals surface area contributed by atoms with Crippen molar-refractivity contribution < 1.29 is 23.4 Å². The van der Waals surface area contributed by atoms with E-state index >= 15 is 0 Å². The number of nitrogens with zero attached hydrogens (tertiary/aromatic N) is 7. The number of carbonyl (C=O) groups excluding carboxylic acids is 1. The number of tetrazole rings is 1. The van der Waals surface area contributed by atoms with Crippen LogP contribution in [0.5, 0.6) is 11.8 Å². The molecule has 4 unspecified atom stereocenters. The summed E-state index contributed by atoms with van der Waals surface area (Å²) in [6.45, 7) is 0.620. The molecule has 0 spiro atoms. The lowest BCUT2D eigenvalue weighted by Gasteiger charge is -2.17. The fourth-order valence-corrected chi connectivity index (χ4v) is 4.03. The summed E-state index contributed by atoms with van der Waals surface area (Å²) in [5.74, 6) is 0.474. The predicted octanol–water partition coefficient (Wildman–Crippen LogP) is 0.776. The zero-order valence-electron chi connectivity index (χ0n) is 17.1. The molecule has 2 saturated heterocycles. The van der Waals surface area contributed by atoms with E-state index in [-0.39, 0.29) is 42.0 Å². The highest BCUT2D eigenvalue weighted by molar-refractivity contribution is 5.91. The van der Waals surface area contributed by atoms with Crippen molar-refractivity contribution in [2.45, 2.75) is 24.3 Å². The quantitative estimate of drug-likeness (QED) is 0.447. The Balaban J connectivity index is 1.14. The number of nitrogens with one attached hydrogen (secondary N) is 1. The minimum Gasteiger partial charge on any atom is -0.459 e. The third-order valence-electron chi connectivity index (χ3n) is 5.59. The molecule has 1 aromatic carbocycles. The normalized spacial score (nSPS) is 24.0. The van der Waals surface area contributed by atoms with E-state index in [2.05, 4.69) is 30.9 Å². The van der Waals surface area contributed by atoms with Gasteiger partial charge in [-0.1, -0.05) is 5.10 Å². The third-order valence-corrected chi connectivity index (χ3v) is 5.59. The van der Waals surface area contributed by atoms with Crippen molar-refractivity contribution in [2.75, 3.05) is 13.2 Å². The Kier molecular flexibility index (Phi) is 4.81. The Bertz CT molecular complexity index is 1220. The van der Waals surface area contributed by atoms with Crippen molar-refractivity contribution in [2.24, 2.45) is 0 Å². The summed E-state index contributed by atoms with van der Waals surface area (Å²) in [7, 11) is 0. The number of ether oxygens (including phenoxy) is 3. The minimum atomic E-state index is -0.340. The van der Waals surface area contributed by atoms with E-state index < -0.39 is 0 Å². The van der Waals surface area contributed by atoms with Crippen molar-refractivity contribution in [3.8, 4) is 17.4 Å². The first-order valence-corrected chi connectivity index (χ1v) is 10.2. The SMILES string of the molecule is O=C(NC1COC2C1OCC2n1nnnc1Oc1ccc(-n2cncn2)cc1)c1ccco1. The van der Waals surface area contributed by atoms with E-state index in [0.29, 0.717) is 19.0 Å². The minimum absolute atomic E-state index is 0.212. The average molecular weight is 450 g/mol. The molecule has 33 heavy (non-hydrogen) atoms. The van der Waals surface area contributed by atoms with Gasteiger partial charge in [-0.15, -0.1) is 0 Å². The number of fused-ring (bicyclic) bond motifs is 1. The van der Waals surface area contributed by atoms with E-state index in [1.54, 1.807) is 40.0 Å². The third kappa shape index (κ3) is 3.62. The number of aromatic nitrogens is 7. The first-order valence-electron chi connectivity index (χ1n) is 10.2. The molecule has 4 aromatic rings. The molecule has 1 N–H and O–H groups in total.